The smallest absolute Gasteiger partial charge is 0.107 e. The number of ether oxygens (including phenoxy) is 3. The number of epoxide rings is 1. The van der Waals surface area contributed by atoms with Gasteiger partial charge in [0, 0.05) is 0 Å². The first-order valence-corrected chi connectivity index (χ1v) is 10.9. The lowest BCUT2D eigenvalue weighted by Crippen LogP contribution is -2.31. The summed E-state index contributed by atoms with van der Waals surface area (Å²) in [4.78, 5) is 0. The zero-order valence-corrected chi connectivity index (χ0v) is 16.0. The Bertz CT molecular complexity index is 371. The molecular weight excluding hydrogens is 316 g/mol. The third-order valence-corrected chi connectivity index (χ3v) is 6.14. The zero-order valence-electron chi connectivity index (χ0n) is 16.0. The highest BCUT2D eigenvalue weighted by molar-refractivity contribution is 4.91. The lowest BCUT2D eigenvalue weighted by Gasteiger charge is -2.22. The number of hydrogen-bond donors (Lipinski definition) is 1. The van der Waals surface area contributed by atoms with E-state index < -0.39 is 0 Å². The fourth-order valence-electron chi connectivity index (χ4n) is 4.43. The minimum absolute atomic E-state index is 0.0226. The number of hydrogen-bond acceptors (Lipinski definition) is 4. The molecule has 4 nitrogen and oxygen atoms in total. The molecule has 1 N–H and O–H groups in total. The van der Waals surface area contributed by atoms with E-state index in [9.17, 15) is 5.11 Å². The van der Waals surface area contributed by atoms with Crippen LogP contribution in [0.15, 0.2) is 0 Å². The predicted octanol–water partition coefficient (Wildman–Crippen LogP) is 4.37. The van der Waals surface area contributed by atoms with Gasteiger partial charge in [-0.15, -0.1) is 0 Å². The van der Waals surface area contributed by atoms with E-state index >= 15 is 0 Å². The summed E-state index contributed by atoms with van der Waals surface area (Å²) < 4.78 is 17.6. The van der Waals surface area contributed by atoms with Gasteiger partial charge in [0.05, 0.1) is 37.1 Å². The second-order valence-electron chi connectivity index (χ2n) is 8.28. The van der Waals surface area contributed by atoms with Crippen molar-refractivity contribution in [1.29, 1.82) is 0 Å². The molecule has 6 atom stereocenters. The van der Waals surface area contributed by atoms with Crippen molar-refractivity contribution >= 4 is 0 Å². The predicted molar refractivity (Wildman–Crippen MR) is 98.8 cm³/mol. The normalized spacial score (nSPS) is 36.0. The fraction of sp³-hybridized carbons (Fsp3) is 1.00. The molecular formula is C21H38O4. The first-order chi connectivity index (χ1) is 12.3. The average Bonchev–Trinajstić information content (AvgIpc) is 3.15. The molecule has 0 saturated carbocycles. The minimum Gasteiger partial charge on any atom is -0.390 e. The monoisotopic (exact) mass is 354 g/mol. The molecule has 4 heteroatoms. The SMILES string of the molecule is CCCCCCCCCC[C@H](O)[C@H]1CC[C@@H]([C@@H]2CC[C@H]([C@@H]3CO3)O2)O1. The lowest BCUT2D eigenvalue weighted by atomic mass is 10.0. The van der Waals surface area contributed by atoms with Crippen molar-refractivity contribution in [3.05, 3.63) is 0 Å². The molecule has 25 heavy (non-hydrogen) atoms. The maximum absolute atomic E-state index is 10.4. The summed E-state index contributed by atoms with van der Waals surface area (Å²) in [5.74, 6) is 0. The Hall–Kier alpha value is -0.160. The van der Waals surface area contributed by atoms with E-state index in [1.807, 2.05) is 0 Å². The van der Waals surface area contributed by atoms with Crippen molar-refractivity contribution in [2.75, 3.05) is 6.61 Å². The van der Waals surface area contributed by atoms with Crippen molar-refractivity contribution < 1.29 is 19.3 Å². The first-order valence-electron chi connectivity index (χ1n) is 10.9. The summed E-state index contributed by atoms with van der Waals surface area (Å²) in [5.41, 5.74) is 0. The number of aliphatic hydroxyl groups is 1. The van der Waals surface area contributed by atoms with Gasteiger partial charge in [-0.2, -0.15) is 0 Å². The number of unbranched alkanes of at least 4 members (excludes halogenated alkanes) is 7. The summed E-state index contributed by atoms with van der Waals surface area (Å²) in [6.45, 7) is 3.12. The molecule has 0 aliphatic carbocycles. The Kier molecular flexibility index (Phi) is 8.03. The highest BCUT2D eigenvalue weighted by Crippen LogP contribution is 2.36. The van der Waals surface area contributed by atoms with Gasteiger partial charge in [-0.05, 0) is 32.1 Å². The second-order valence-corrected chi connectivity index (χ2v) is 8.28. The third-order valence-electron chi connectivity index (χ3n) is 6.14. The highest BCUT2D eigenvalue weighted by atomic mass is 16.6. The summed E-state index contributed by atoms with van der Waals surface area (Å²) >= 11 is 0. The van der Waals surface area contributed by atoms with Crippen LogP contribution in [0.25, 0.3) is 0 Å². The van der Waals surface area contributed by atoms with Crippen LogP contribution < -0.4 is 0 Å². The molecule has 3 aliphatic heterocycles. The Balaban J connectivity index is 1.23. The van der Waals surface area contributed by atoms with Gasteiger partial charge in [-0.25, -0.2) is 0 Å². The van der Waals surface area contributed by atoms with E-state index in [1.165, 1.54) is 44.9 Å². The van der Waals surface area contributed by atoms with Gasteiger partial charge >= 0.3 is 0 Å². The van der Waals surface area contributed by atoms with Gasteiger partial charge in [-0.3, -0.25) is 0 Å². The van der Waals surface area contributed by atoms with Crippen LogP contribution in [0, 0.1) is 0 Å². The average molecular weight is 355 g/mol. The van der Waals surface area contributed by atoms with Crippen molar-refractivity contribution in [3.8, 4) is 0 Å². The first kappa shape index (κ1) is 19.6. The molecule has 3 saturated heterocycles. The number of aliphatic hydroxyl groups excluding tert-OH is 1. The van der Waals surface area contributed by atoms with Crippen molar-refractivity contribution in [3.63, 3.8) is 0 Å². The fourth-order valence-corrected chi connectivity index (χ4v) is 4.43. The minimum atomic E-state index is -0.297. The van der Waals surface area contributed by atoms with E-state index in [0.29, 0.717) is 6.10 Å². The Morgan fingerprint density at radius 3 is 2.00 bits per heavy atom. The highest BCUT2D eigenvalue weighted by Gasteiger charge is 2.44. The van der Waals surface area contributed by atoms with Crippen molar-refractivity contribution in [1.82, 2.24) is 0 Å². The van der Waals surface area contributed by atoms with Gasteiger partial charge in [0.25, 0.3) is 0 Å². The van der Waals surface area contributed by atoms with E-state index in [1.54, 1.807) is 0 Å². The quantitative estimate of drug-likeness (QED) is 0.418. The molecule has 146 valence electrons. The van der Waals surface area contributed by atoms with E-state index in [2.05, 4.69) is 6.92 Å². The maximum atomic E-state index is 10.4. The van der Waals surface area contributed by atoms with Crippen LogP contribution in [-0.4, -0.2) is 48.3 Å². The molecule has 0 aromatic rings. The summed E-state index contributed by atoms with van der Waals surface area (Å²) in [7, 11) is 0. The molecule has 3 aliphatic rings. The van der Waals surface area contributed by atoms with Crippen LogP contribution in [0.2, 0.25) is 0 Å². The Morgan fingerprint density at radius 2 is 1.32 bits per heavy atom. The van der Waals surface area contributed by atoms with Crippen LogP contribution in [0.4, 0.5) is 0 Å². The van der Waals surface area contributed by atoms with E-state index in [-0.39, 0.29) is 30.5 Å². The van der Waals surface area contributed by atoms with Crippen LogP contribution in [-0.2, 0) is 14.2 Å². The molecule has 3 heterocycles. The summed E-state index contributed by atoms with van der Waals surface area (Å²) in [6.07, 6.45) is 16.3. The summed E-state index contributed by atoms with van der Waals surface area (Å²) in [6, 6.07) is 0. The molecule has 0 aromatic carbocycles. The number of rotatable bonds is 12. The molecule has 0 spiro atoms. The zero-order chi connectivity index (χ0) is 17.5. The van der Waals surface area contributed by atoms with Gasteiger partial charge in [0.2, 0.25) is 0 Å². The molecule has 0 aromatic heterocycles. The van der Waals surface area contributed by atoms with Crippen molar-refractivity contribution in [2.45, 2.75) is 127 Å². The standard InChI is InChI=1S/C21H38O4/c1-2-3-4-5-6-7-8-9-10-16(22)17-11-12-18(24-17)19-13-14-20(25-19)21-15-23-21/h16-22H,2-15H2,1H3/t16-,17+,18-,19-,20+,21-/m0/s1. The lowest BCUT2D eigenvalue weighted by molar-refractivity contribution is -0.0955. The van der Waals surface area contributed by atoms with Crippen LogP contribution in [0.3, 0.4) is 0 Å². The topological polar surface area (TPSA) is 51.2 Å². The molecule has 3 fully saturated rings. The Labute approximate surface area is 153 Å². The largest absolute Gasteiger partial charge is 0.390 e. The van der Waals surface area contributed by atoms with Crippen LogP contribution in [0.5, 0.6) is 0 Å². The molecule has 0 unspecified atom stereocenters. The maximum Gasteiger partial charge on any atom is 0.107 e. The van der Waals surface area contributed by atoms with Gasteiger partial charge < -0.3 is 19.3 Å². The van der Waals surface area contributed by atoms with Crippen molar-refractivity contribution in [2.24, 2.45) is 0 Å². The summed E-state index contributed by atoms with van der Waals surface area (Å²) in [5, 5.41) is 10.4. The molecule has 0 radical (unpaired) electrons. The molecule has 0 bridgehead atoms. The molecule has 0 amide bonds. The van der Waals surface area contributed by atoms with Gasteiger partial charge in [0.15, 0.2) is 0 Å². The second kappa shape index (κ2) is 10.2. The van der Waals surface area contributed by atoms with Crippen LogP contribution in [0.1, 0.15) is 90.4 Å². The van der Waals surface area contributed by atoms with Crippen LogP contribution >= 0.6 is 0 Å². The van der Waals surface area contributed by atoms with E-state index in [0.717, 1.165) is 45.1 Å². The molecule has 3 rings (SSSR count). The van der Waals surface area contributed by atoms with Gasteiger partial charge in [-0.1, -0.05) is 58.3 Å². The Morgan fingerprint density at radius 1 is 0.760 bits per heavy atom. The van der Waals surface area contributed by atoms with Gasteiger partial charge in [0.1, 0.15) is 6.10 Å². The third kappa shape index (κ3) is 6.20. The van der Waals surface area contributed by atoms with E-state index in [4.69, 9.17) is 14.2 Å².